The van der Waals surface area contributed by atoms with Gasteiger partial charge in [-0.05, 0) is 44.7 Å². The summed E-state index contributed by atoms with van der Waals surface area (Å²) in [5, 5.41) is 6.51. The third kappa shape index (κ3) is 5.15. The standard InChI is InChI=1S/C14H26N2O.ClH/c17-14(13-5-3-1-2-4-6-13)16-10-8-12-7-9-15-11-12;/h12-13,15H,1-11H2,(H,16,17);1H. The van der Waals surface area contributed by atoms with Gasteiger partial charge in [0.05, 0.1) is 0 Å². The molecule has 1 amide bonds. The fraction of sp³-hybridized carbons (Fsp3) is 0.929. The topological polar surface area (TPSA) is 41.1 Å². The molecule has 1 aliphatic heterocycles. The second kappa shape index (κ2) is 8.76. The lowest BCUT2D eigenvalue weighted by Gasteiger charge is -2.15. The summed E-state index contributed by atoms with van der Waals surface area (Å²) in [5.41, 5.74) is 0. The van der Waals surface area contributed by atoms with E-state index < -0.39 is 0 Å². The van der Waals surface area contributed by atoms with Crippen molar-refractivity contribution in [1.29, 1.82) is 0 Å². The first kappa shape index (κ1) is 15.8. The molecule has 1 aliphatic carbocycles. The van der Waals surface area contributed by atoms with Crippen LogP contribution in [0.15, 0.2) is 0 Å². The van der Waals surface area contributed by atoms with Crippen LogP contribution >= 0.6 is 12.4 Å². The van der Waals surface area contributed by atoms with Crippen LogP contribution in [0.4, 0.5) is 0 Å². The fourth-order valence-corrected chi connectivity index (χ4v) is 3.05. The van der Waals surface area contributed by atoms with E-state index in [1.807, 2.05) is 0 Å². The largest absolute Gasteiger partial charge is 0.356 e. The van der Waals surface area contributed by atoms with Gasteiger partial charge >= 0.3 is 0 Å². The third-order valence-corrected chi connectivity index (χ3v) is 4.24. The zero-order valence-electron chi connectivity index (χ0n) is 11.2. The Bertz CT molecular complexity index is 234. The molecule has 106 valence electrons. The molecule has 4 heteroatoms. The molecule has 1 unspecified atom stereocenters. The lowest BCUT2D eigenvalue weighted by molar-refractivity contribution is -0.125. The Kier molecular flexibility index (Phi) is 7.68. The van der Waals surface area contributed by atoms with Gasteiger partial charge in [0.25, 0.3) is 0 Å². The SMILES string of the molecule is Cl.O=C(NCCC1CCNC1)C1CCCCCC1. The van der Waals surface area contributed by atoms with Gasteiger partial charge in [0.15, 0.2) is 0 Å². The summed E-state index contributed by atoms with van der Waals surface area (Å²) in [7, 11) is 0. The van der Waals surface area contributed by atoms with E-state index in [0.717, 1.165) is 44.8 Å². The van der Waals surface area contributed by atoms with E-state index in [-0.39, 0.29) is 12.4 Å². The van der Waals surface area contributed by atoms with Crippen molar-refractivity contribution in [2.24, 2.45) is 11.8 Å². The van der Waals surface area contributed by atoms with Gasteiger partial charge < -0.3 is 10.6 Å². The van der Waals surface area contributed by atoms with E-state index in [9.17, 15) is 4.79 Å². The van der Waals surface area contributed by atoms with Gasteiger partial charge in [0, 0.05) is 12.5 Å². The van der Waals surface area contributed by atoms with Crippen LogP contribution in [0, 0.1) is 11.8 Å². The van der Waals surface area contributed by atoms with Crippen LogP contribution in [-0.2, 0) is 4.79 Å². The number of rotatable bonds is 4. The molecular weight excluding hydrogens is 248 g/mol. The van der Waals surface area contributed by atoms with Gasteiger partial charge in [-0.2, -0.15) is 0 Å². The first-order valence-electron chi connectivity index (χ1n) is 7.34. The number of halogens is 1. The van der Waals surface area contributed by atoms with Gasteiger partial charge in [-0.3, -0.25) is 4.79 Å². The monoisotopic (exact) mass is 274 g/mol. The number of hydrogen-bond acceptors (Lipinski definition) is 2. The molecule has 2 rings (SSSR count). The number of amides is 1. The summed E-state index contributed by atoms with van der Waals surface area (Å²) in [6, 6.07) is 0. The second-order valence-electron chi connectivity index (χ2n) is 5.63. The normalized spacial score (nSPS) is 25.2. The van der Waals surface area contributed by atoms with Crippen molar-refractivity contribution < 1.29 is 4.79 Å². The molecule has 1 saturated heterocycles. The number of carbonyl (C=O) groups is 1. The Morgan fingerprint density at radius 3 is 2.44 bits per heavy atom. The average Bonchev–Trinajstić information content (AvgIpc) is 2.69. The summed E-state index contributed by atoms with van der Waals surface area (Å²) in [6.07, 6.45) is 9.75. The third-order valence-electron chi connectivity index (χ3n) is 4.24. The van der Waals surface area contributed by atoms with Crippen LogP contribution in [-0.4, -0.2) is 25.5 Å². The summed E-state index contributed by atoms with van der Waals surface area (Å²) in [5.74, 6) is 1.40. The van der Waals surface area contributed by atoms with Gasteiger partial charge in [-0.1, -0.05) is 25.7 Å². The molecule has 3 nitrogen and oxygen atoms in total. The molecule has 0 spiro atoms. The Labute approximate surface area is 117 Å². The Morgan fingerprint density at radius 1 is 1.11 bits per heavy atom. The zero-order valence-corrected chi connectivity index (χ0v) is 12.1. The Balaban J connectivity index is 0.00000162. The molecule has 0 aromatic rings. The van der Waals surface area contributed by atoms with Crippen molar-refractivity contribution in [1.82, 2.24) is 10.6 Å². The minimum Gasteiger partial charge on any atom is -0.356 e. The fourth-order valence-electron chi connectivity index (χ4n) is 3.05. The van der Waals surface area contributed by atoms with E-state index in [2.05, 4.69) is 10.6 Å². The zero-order chi connectivity index (χ0) is 11.9. The van der Waals surface area contributed by atoms with Crippen molar-refractivity contribution in [2.45, 2.75) is 51.4 Å². The molecule has 1 atom stereocenters. The van der Waals surface area contributed by atoms with Crippen LogP contribution in [0.5, 0.6) is 0 Å². The highest BCUT2D eigenvalue weighted by Crippen LogP contribution is 2.22. The molecule has 0 aromatic carbocycles. The van der Waals surface area contributed by atoms with Crippen LogP contribution in [0.25, 0.3) is 0 Å². The van der Waals surface area contributed by atoms with Crippen LogP contribution in [0.1, 0.15) is 51.4 Å². The van der Waals surface area contributed by atoms with Crippen molar-refractivity contribution in [2.75, 3.05) is 19.6 Å². The molecule has 2 N–H and O–H groups in total. The lowest BCUT2D eigenvalue weighted by atomic mass is 9.99. The molecule has 1 heterocycles. The number of carbonyl (C=O) groups excluding carboxylic acids is 1. The first-order chi connectivity index (χ1) is 8.36. The predicted molar refractivity (Wildman–Crippen MR) is 77.0 cm³/mol. The van der Waals surface area contributed by atoms with E-state index in [1.54, 1.807) is 0 Å². The highest BCUT2D eigenvalue weighted by atomic mass is 35.5. The van der Waals surface area contributed by atoms with Crippen molar-refractivity contribution >= 4 is 18.3 Å². The second-order valence-corrected chi connectivity index (χ2v) is 5.63. The molecule has 2 aliphatic rings. The molecule has 0 aromatic heterocycles. The highest BCUT2D eigenvalue weighted by Gasteiger charge is 2.20. The van der Waals surface area contributed by atoms with Crippen LogP contribution < -0.4 is 10.6 Å². The molecule has 2 fully saturated rings. The molecule has 18 heavy (non-hydrogen) atoms. The van der Waals surface area contributed by atoms with Crippen molar-refractivity contribution in [3.63, 3.8) is 0 Å². The maximum absolute atomic E-state index is 12.0. The maximum atomic E-state index is 12.0. The predicted octanol–water partition coefficient (Wildman–Crippen LogP) is 2.49. The van der Waals surface area contributed by atoms with Gasteiger partial charge in [0.2, 0.25) is 5.91 Å². The first-order valence-corrected chi connectivity index (χ1v) is 7.34. The number of hydrogen-bond donors (Lipinski definition) is 2. The Hall–Kier alpha value is -0.280. The average molecular weight is 275 g/mol. The number of nitrogens with one attached hydrogen (secondary N) is 2. The van der Waals surface area contributed by atoms with E-state index in [4.69, 9.17) is 0 Å². The van der Waals surface area contributed by atoms with Crippen LogP contribution in [0.3, 0.4) is 0 Å². The van der Waals surface area contributed by atoms with E-state index in [1.165, 1.54) is 32.1 Å². The summed E-state index contributed by atoms with van der Waals surface area (Å²) in [4.78, 5) is 12.0. The quantitative estimate of drug-likeness (QED) is 0.774. The molecule has 0 radical (unpaired) electrons. The van der Waals surface area contributed by atoms with Crippen molar-refractivity contribution in [3.8, 4) is 0 Å². The van der Waals surface area contributed by atoms with Gasteiger partial charge in [-0.25, -0.2) is 0 Å². The minimum atomic E-state index is 0. The minimum absolute atomic E-state index is 0. The molecule has 1 saturated carbocycles. The highest BCUT2D eigenvalue weighted by molar-refractivity contribution is 5.85. The summed E-state index contributed by atoms with van der Waals surface area (Å²) in [6.45, 7) is 3.17. The summed E-state index contributed by atoms with van der Waals surface area (Å²) >= 11 is 0. The van der Waals surface area contributed by atoms with Gasteiger partial charge in [-0.15, -0.1) is 12.4 Å². The van der Waals surface area contributed by atoms with Crippen molar-refractivity contribution in [3.05, 3.63) is 0 Å². The van der Waals surface area contributed by atoms with E-state index >= 15 is 0 Å². The maximum Gasteiger partial charge on any atom is 0.223 e. The molecular formula is C14H27ClN2O. The van der Waals surface area contributed by atoms with Crippen LogP contribution in [0.2, 0.25) is 0 Å². The van der Waals surface area contributed by atoms with Gasteiger partial charge in [0.1, 0.15) is 0 Å². The summed E-state index contributed by atoms with van der Waals surface area (Å²) < 4.78 is 0. The smallest absolute Gasteiger partial charge is 0.223 e. The lowest BCUT2D eigenvalue weighted by Crippen LogP contribution is -2.32. The van der Waals surface area contributed by atoms with E-state index in [0.29, 0.717) is 11.8 Å². The molecule has 0 bridgehead atoms. The Morgan fingerprint density at radius 2 is 1.83 bits per heavy atom.